The van der Waals surface area contributed by atoms with E-state index < -0.39 is 0 Å². The number of aryl methyl sites for hydroxylation is 1. The molecule has 1 saturated heterocycles. The molecule has 0 spiro atoms. The maximum Gasteiger partial charge on any atom is 0.174 e. The smallest absolute Gasteiger partial charge is 0.174 e. The lowest BCUT2D eigenvalue weighted by molar-refractivity contribution is 0.547. The molecule has 3 heterocycles. The highest BCUT2D eigenvalue weighted by atomic mass is 32.1. The fourth-order valence-electron chi connectivity index (χ4n) is 4.43. The van der Waals surface area contributed by atoms with Crippen molar-refractivity contribution >= 4 is 23.0 Å². The highest BCUT2D eigenvalue weighted by Gasteiger charge is 2.42. The van der Waals surface area contributed by atoms with Gasteiger partial charge >= 0.3 is 0 Å². The minimum absolute atomic E-state index is 0.00461. The Morgan fingerprint density at radius 3 is 2.36 bits per heavy atom. The van der Waals surface area contributed by atoms with Gasteiger partial charge in [0.2, 0.25) is 0 Å². The van der Waals surface area contributed by atoms with Gasteiger partial charge in [-0.3, -0.25) is 4.98 Å². The van der Waals surface area contributed by atoms with Crippen LogP contribution in [0.15, 0.2) is 60.8 Å². The summed E-state index contributed by atoms with van der Waals surface area (Å²) in [4.78, 5) is 6.87. The lowest BCUT2D eigenvalue weighted by Gasteiger charge is -2.28. The third-order valence-corrected chi connectivity index (χ3v) is 5.81. The molecule has 0 aliphatic carbocycles. The van der Waals surface area contributed by atoms with E-state index in [1.807, 2.05) is 24.4 Å². The number of hydrogen-bond donors (Lipinski definition) is 1. The Kier molecular flexibility index (Phi) is 4.94. The van der Waals surface area contributed by atoms with Gasteiger partial charge in [-0.25, -0.2) is 0 Å². The van der Waals surface area contributed by atoms with Crippen molar-refractivity contribution in [1.29, 1.82) is 0 Å². The maximum atomic E-state index is 5.79. The molecule has 28 heavy (non-hydrogen) atoms. The van der Waals surface area contributed by atoms with Crippen molar-refractivity contribution in [2.75, 3.05) is 4.90 Å². The molecule has 1 fully saturated rings. The van der Waals surface area contributed by atoms with Gasteiger partial charge < -0.3 is 14.8 Å². The summed E-state index contributed by atoms with van der Waals surface area (Å²) in [6.45, 7) is 8.85. The summed E-state index contributed by atoms with van der Waals surface area (Å²) < 4.78 is 2.40. The number of hydrogen-bond acceptors (Lipinski definition) is 2. The van der Waals surface area contributed by atoms with E-state index in [1.165, 1.54) is 17.0 Å². The first-order valence-electron chi connectivity index (χ1n) is 9.73. The SMILES string of the molecule is Cc1cc([C@H]2[C@H](c3ccccn3)NC(=S)N2c2ccccc2)c(C)n1C(C)C. The van der Waals surface area contributed by atoms with E-state index in [1.54, 1.807) is 0 Å². The van der Waals surface area contributed by atoms with Crippen LogP contribution in [0.5, 0.6) is 0 Å². The van der Waals surface area contributed by atoms with Crippen molar-refractivity contribution in [1.82, 2.24) is 14.9 Å². The van der Waals surface area contributed by atoms with Crippen molar-refractivity contribution in [2.24, 2.45) is 0 Å². The number of rotatable bonds is 4. The van der Waals surface area contributed by atoms with E-state index in [9.17, 15) is 0 Å². The quantitative estimate of drug-likeness (QED) is 0.616. The lowest BCUT2D eigenvalue weighted by Crippen LogP contribution is -2.29. The predicted molar refractivity (Wildman–Crippen MR) is 119 cm³/mol. The number of aromatic nitrogens is 2. The molecule has 1 aliphatic rings. The fourth-order valence-corrected chi connectivity index (χ4v) is 4.78. The highest BCUT2D eigenvalue weighted by Crippen LogP contribution is 2.43. The van der Waals surface area contributed by atoms with Crippen LogP contribution >= 0.6 is 12.2 Å². The molecule has 0 amide bonds. The van der Waals surface area contributed by atoms with Crippen LogP contribution in [-0.2, 0) is 0 Å². The fraction of sp³-hybridized carbons (Fsp3) is 0.304. The molecule has 0 radical (unpaired) electrons. The minimum Gasteiger partial charge on any atom is -0.351 e. The van der Waals surface area contributed by atoms with E-state index in [2.05, 4.69) is 83.9 Å². The number of para-hydroxylation sites is 1. The van der Waals surface area contributed by atoms with E-state index in [0.29, 0.717) is 6.04 Å². The van der Waals surface area contributed by atoms with Crippen molar-refractivity contribution in [3.05, 3.63) is 83.4 Å². The molecular weight excluding hydrogens is 364 g/mol. The number of nitrogens with zero attached hydrogens (tertiary/aromatic N) is 3. The molecule has 0 bridgehead atoms. The third kappa shape index (κ3) is 3.10. The van der Waals surface area contributed by atoms with Gasteiger partial charge in [0.1, 0.15) is 0 Å². The average molecular weight is 391 g/mol. The third-order valence-electron chi connectivity index (χ3n) is 5.49. The van der Waals surface area contributed by atoms with E-state index >= 15 is 0 Å². The number of benzene rings is 1. The van der Waals surface area contributed by atoms with Crippen LogP contribution in [0.2, 0.25) is 0 Å². The number of thiocarbonyl (C=S) groups is 1. The van der Waals surface area contributed by atoms with Crippen molar-refractivity contribution < 1.29 is 0 Å². The topological polar surface area (TPSA) is 33.1 Å². The number of anilines is 1. The summed E-state index contributed by atoms with van der Waals surface area (Å²) in [6, 6.07) is 19.2. The molecule has 1 N–H and O–H groups in total. The zero-order valence-electron chi connectivity index (χ0n) is 16.8. The van der Waals surface area contributed by atoms with Crippen LogP contribution in [0.1, 0.15) is 54.6 Å². The van der Waals surface area contributed by atoms with Gasteiger partial charge in [-0.05, 0) is 75.8 Å². The van der Waals surface area contributed by atoms with Crippen LogP contribution < -0.4 is 10.2 Å². The molecule has 0 saturated carbocycles. The van der Waals surface area contributed by atoms with Gasteiger partial charge in [-0.1, -0.05) is 24.3 Å². The molecule has 1 aliphatic heterocycles. The Bertz CT molecular complexity index is 979. The van der Waals surface area contributed by atoms with Gasteiger partial charge in [-0.15, -0.1) is 0 Å². The first-order chi connectivity index (χ1) is 13.5. The maximum absolute atomic E-state index is 5.79. The Morgan fingerprint density at radius 1 is 1.04 bits per heavy atom. The summed E-state index contributed by atoms with van der Waals surface area (Å²) in [5.41, 5.74) is 5.94. The summed E-state index contributed by atoms with van der Waals surface area (Å²) in [6.07, 6.45) is 1.85. The summed E-state index contributed by atoms with van der Waals surface area (Å²) in [5.74, 6) is 0. The van der Waals surface area contributed by atoms with Crippen molar-refractivity contribution in [2.45, 2.75) is 45.8 Å². The largest absolute Gasteiger partial charge is 0.351 e. The molecular formula is C23H26N4S. The normalized spacial score (nSPS) is 19.3. The predicted octanol–water partition coefficient (Wildman–Crippen LogP) is 5.26. The van der Waals surface area contributed by atoms with Gasteiger partial charge in [0.05, 0.1) is 17.8 Å². The first-order valence-corrected chi connectivity index (χ1v) is 10.1. The summed E-state index contributed by atoms with van der Waals surface area (Å²) >= 11 is 5.79. The summed E-state index contributed by atoms with van der Waals surface area (Å²) in [7, 11) is 0. The van der Waals surface area contributed by atoms with Crippen LogP contribution in [0.25, 0.3) is 0 Å². The second kappa shape index (κ2) is 7.40. The van der Waals surface area contributed by atoms with Crippen LogP contribution in [0.4, 0.5) is 5.69 Å². The Balaban J connectivity index is 1.89. The molecule has 2 aromatic heterocycles. The number of pyridine rings is 1. The van der Waals surface area contributed by atoms with Crippen molar-refractivity contribution in [3.63, 3.8) is 0 Å². The Labute approximate surface area is 172 Å². The Hall–Kier alpha value is -2.66. The van der Waals surface area contributed by atoms with E-state index in [4.69, 9.17) is 12.2 Å². The van der Waals surface area contributed by atoms with Crippen LogP contribution in [0.3, 0.4) is 0 Å². The van der Waals surface area contributed by atoms with Crippen LogP contribution in [-0.4, -0.2) is 14.7 Å². The highest BCUT2D eigenvalue weighted by molar-refractivity contribution is 7.80. The Morgan fingerprint density at radius 2 is 1.75 bits per heavy atom. The molecule has 0 unspecified atom stereocenters. The summed E-state index contributed by atoms with van der Waals surface area (Å²) in [5, 5.41) is 4.28. The molecule has 4 rings (SSSR count). The second-order valence-electron chi connectivity index (χ2n) is 7.62. The monoisotopic (exact) mass is 390 g/mol. The molecule has 5 heteroatoms. The zero-order chi connectivity index (χ0) is 19.8. The van der Waals surface area contributed by atoms with Crippen molar-refractivity contribution in [3.8, 4) is 0 Å². The zero-order valence-corrected chi connectivity index (χ0v) is 17.6. The van der Waals surface area contributed by atoms with E-state index in [-0.39, 0.29) is 12.1 Å². The first kappa shape index (κ1) is 18.7. The molecule has 3 aromatic rings. The van der Waals surface area contributed by atoms with E-state index in [0.717, 1.165) is 16.5 Å². The lowest BCUT2D eigenvalue weighted by atomic mass is 9.96. The minimum atomic E-state index is -0.00461. The molecule has 144 valence electrons. The number of nitrogens with one attached hydrogen (secondary N) is 1. The molecule has 2 atom stereocenters. The second-order valence-corrected chi connectivity index (χ2v) is 8.01. The average Bonchev–Trinajstić information content (AvgIpc) is 3.18. The molecule has 1 aromatic carbocycles. The van der Waals surface area contributed by atoms with Gasteiger partial charge in [0, 0.05) is 29.3 Å². The van der Waals surface area contributed by atoms with Crippen LogP contribution in [0, 0.1) is 13.8 Å². The van der Waals surface area contributed by atoms with Gasteiger partial charge in [0.25, 0.3) is 0 Å². The van der Waals surface area contributed by atoms with Gasteiger partial charge in [0.15, 0.2) is 5.11 Å². The standard InChI is InChI=1S/C23H26N4S/c1-15(2)26-16(3)14-19(17(26)4)22-21(20-12-8-9-13-24-20)25-23(28)27(22)18-10-6-5-7-11-18/h5-15,21-22H,1-4H3,(H,25,28)/t21-,22-/m0/s1. The molecule has 4 nitrogen and oxygen atoms in total. The van der Waals surface area contributed by atoms with Gasteiger partial charge in [-0.2, -0.15) is 0 Å².